The molecule has 0 aliphatic carbocycles. The van der Waals surface area contributed by atoms with E-state index in [2.05, 4.69) is 4.98 Å². The Labute approximate surface area is 129 Å². The molecule has 4 nitrogen and oxygen atoms in total. The van der Waals surface area contributed by atoms with Gasteiger partial charge >= 0.3 is 0 Å². The molecule has 0 N–H and O–H groups in total. The lowest BCUT2D eigenvalue weighted by Crippen LogP contribution is -2.29. The van der Waals surface area contributed by atoms with Gasteiger partial charge in [-0.15, -0.1) is 0 Å². The summed E-state index contributed by atoms with van der Waals surface area (Å²) in [5.74, 6) is 0.706. The highest BCUT2D eigenvalue weighted by atomic mass is 16.3. The molecule has 0 radical (unpaired) electrons. The van der Waals surface area contributed by atoms with Crippen LogP contribution >= 0.6 is 0 Å². The first-order valence-electron chi connectivity index (χ1n) is 7.24. The van der Waals surface area contributed by atoms with Gasteiger partial charge in [-0.3, -0.25) is 9.78 Å². The highest BCUT2D eigenvalue weighted by molar-refractivity contribution is 5.94. The quantitative estimate of drug-likeness (QED) is 0.734. The predicted octanol–water partition coefficient (Wildman–Crippen LogP) is 3.97. The van der Waals surface area contributed by atoms with Gasteiger partial charge in [-0.1, -0.05) is 18.2 Å². The molecular weight excluding hydrogens is 276 g/mol. The molecule has 0 spiro atoms. The van der Waals surface area contributed by atoms with Crippen molar-refractivity contribution in [3.63, 3.8) is 0 Å². The second kappa shape index (κ2) is 5.64. The van der Waals surface area contributed by atoms with Crippen molar-refractivity contribution in [2.45, 2.75) is 19.9 Å². The number of hydrogen-bond donors (Lipinski definition) is 0. The summed E-state index contributed by atoms with van der Waals surface area (Å²) >= 11 is 0. The summed E-state index contributed by atoms with van der Waals surface area (Å²) < 4.78 is 5.85. The predicted molar refractivity (Wildman–Crippen MR) is 85.7 cm³/mol. The average Bonchev–Trinajstić information content (AvgIpc) is 2.97. The molecule has 0 unspecified atom stereocenters. The monoisotopic (exact) mass is 294 g/mol. The van der Waals surface area contributed by atoms with Crippen LogP contribution < -0.4 is 0 Å². The molecule has 3 rings (SSSR count). The van der Waals surface area contributed by atoms with E-state index < -0.39 is 0 Å². The Bertz CT molecular complexity index is 772. The third-order valence-corrected chi connectivity index (χ3v) is 3.92. The number of benzene rings is 1. The molecule has 0 fully saturated rings. The van der Waals surface area contributed by atoms with Crippen LogP contribution in [-0.2, 0) is 0 Å². The normalized spacial score (nSPS) is 12.3. The molecule has 0 saturated heterocycles. The fourth-order valence-corrected chi connectivity index (χ4v) is 2.37. The Kier molecular flexibility index (Phi) is 3.67. The fraction of sp³-hybridized carbons (Fsp3) is 0.222. The summed E-state index contributed by atoms with van der Waals surface area (Å²) in [6, 6.07) is 13.3. The first-order chi connectivity index (χ1) is 10.6. The third kappa shape index (κ3) is 2.60. The van der Waals surface area contributed by atoms with Gasteiger partial charge in [0.2, 0.25) is 0 Å². The SMILES string of the molecule is Cc1ccc(C(=O)N(C)[C@H](C)c2cc3ccccc3o2)cn1. The molecule has 2 aromatic heterocycles. The van der Waals surface area contributed by atoms with Gasteiger partial charge in [0.15, 0.2) is 0 Å². The van der Waals surface area contributed by atoms with Crippen LogP contribution in [0.2, 0.25) is 0 Å². The van der Waals surface area contributed by atoms with Gasteiger partial charge in [0.05, 0.1) is 11.6 Å². The number of carbonyl (C=O) groups is 1. The van der Waals surface area contributed by atoms with Crippen LogP contribution in [0.5, 0.6) is 0 Å². The van der Waals surface area contributed by atoms with Crippen LogP contribution in [-0.4, -0.2) is 22.8 Å². The molecular formula is C18H18N2O2. The maximum absolute atomic E-state index is 12.5. The molecule has 4 heteroatoms. The van der Waals surface area contributed by atoms with E-state index in [9.17, 15) is 4.79 Å². The Hall–Kier alpha value is -2.62. The molecule has 2 heterocycles. The molecule has 0 bridgehead atoms. The number of rotatable bonds is 3. The lowest BCUT2D eigenvalue weighted by Gasteiger charge is -2.23. The van der Waals surface area contributed by atoms with E-state index in [0.29, 0.717) is 5.56 Å². The van der Waals surface area contributed by atoms with Crippen molar-refractivity contribution in [1.29, 1.82) is 0 Å². The lowest BCUT2D eigenvalue weighted by atomic mass is 10.1. The van der Waals surface area contributed by atoms with Gasteiger partial charge in [0, 0.05) is 24.3 Å². The summed E-state index contributed by atoms with van der Waals surface area (Å²) in [7, 11) is 1.78. The van der Waals surface area contributed by atoms with Gasteiger partial charge in [-0.05, 0) is 38.1 Å². The Balaban J connectivity index is 1.85. The highest BCUT2D eigenvalue weighted by Gasteiger charge is 2.22. The van der Waals surface area contributed by atoms with E-state index >= 15 is 0 Å². The summed E-state index contributed by atoms with van der Waals surface area (Å²) in [5, 5.41) is 1.04. The zero-order valence-electron chi connectivity index (χ0n) is 12.9. The van der Waals surface area contributed by atoms with Gasteiger partial charge < -0.3 is 9.32 Å². The van der Waals surface area contributed by atoms with E-state index in [1.807, 2.05) is 50.2 Å². The highest BCUT2D eigenvalue weighted by Crippen LogP contribution is 2.27. The summed E-state index contributed by atoms with van der Waals surface area (Å²) in [5.41, 5.74) is 2.31. The largest absolute Gasteiger partial charge is 0.459 e. The second-order valence-electron chi connectivity index (χ2n) is 5.47. The minimum absolute atomic E-state index is 0.0690. The van der Waals surface area contributed by atoms with E-state index in [-0.39, 0.29) is 11.9 Å². The molecule has 0 aliphatic rings. The maximum Gasteiger partial charge on any atom is 0.255 e. The zero-order valence-corrected chi connectivity index (χ0v) is 12.9. The minimum atomic E-state index is -0.152. The standard InChI is InChI=1S/C18H18N2O2/c1-12-8-9-15(11-19-12)18(21)20(3)13(2)17-10-14-6-4-5-7-16(14)22-17/h4-11,13H,1-3H3/t13-/m1/s1. The molecule has 1 aromatic carbocycles. The number of nitrogens with zero attached hydrogens (tertiary/aromatic N) is 2. The van der Waals surface area contributed by atoms with Crippen molar-refractivity contribution < 1.29 is 9.21 Å². The number of aryl methyl sites for hydroxylation is 1. The number of aromatic nitrogens is 1. The number of hydrogen-bond acceptors (Lipinski definition) is 3. The minimum Gasteiger partial charge on any atom is -0.459 e. The lowest BCUT2D eigenvalue weighted by molar-refractivity contribution is 0.0727. The summed E-state index contributed by atoms with van der Waals surface area (Å²) in [6.07, 6.45) is 1.61. The summed E-state index contributed by atoms with van der Waals surface area (Å²) in [6.45, 7) is 3.85. The maximum atomic E-state index is 12.5. The van der Waals surface area contributed by atoms with Gasteiger partial charge in [0.1, 0.15) is 11.3 Å². The molecule has 0 aliphatic heterocycles. The first kappa shape index (κ1) is 14.3. The number of pyridine rings is 1. The number of fused-ring (bicyclic) bond motifs is 1. The van der Waals surface area contributed by atoms with Crippen molar-refractivity contribution in [3.05, 3.63) is 65.7 Å². The zero-order chi connectivity index (χ0) is 15.7. The summed E-state index contributed by atoms with van der Waals surface area (Å²) in [4.78, 5) is 18.4. The van der Waals surface area contributed by atoms with Crippen LogP contribution in [0.3, 0.4) is 0 Å². The Morgan fingerprint density at radius 1 is 1.23 bits per heavy atom. The Morgan fingerprint density at radius 2 is 2.00 bits per heavy atom. The molecule has 1 atom stereocenters. The van der Waals surface area contributed by atoms with E-state index in [4.69, 9.17) is 4.42 Å². The molecule has 22 heavy (non-hydrogen) atoms. The molecule has 0 saturated carbocycles. The van der Waals surface area contributed by atoms with E-state index in [0.717, 1.165) is 22.4 Å². The van der Waals surface area contributed by atoms with Gasteiger partial charge in [-0.2, -0.15) is 0 Å². The van der Waals surface area contributed by atoms with Crippen LogP contribution in [0.15, 0.2) is 53.1 Å². The van der Waals surface area contributed by atoms with Crippen molar-refractivity contribution >= 4 is 16.9 Å². The fourth-order valence-electron chi connectivity index (χ4n) is 2.37. The van der Waals surface area contributed by atoms with Crippen molar-refractivity contribution in [3.8, 4) is 0 Å². The van der Waals surface area contributed by atoms with Gasteiger partial charge in [0.25, 0.3) is 5.91 Å². The van der Waals surface area contributed by atoms with Gasteiger partial charge in [-0.25, -0.2) is 0 Å². The van der Waals surface area contributed by atoms with Crippen LogP contribution in [0.1, 0.15) is 34.8 Å². The molecule has 3 aromatic rings. The van der Waals surface area contributed by atoms with Crippen molar-refractivity contribution in [2.24, 2.45) is 0 Å². The van der Waals surface area contributed by atoms with E-state index in [1.54, 1.807) is 24.2 Å². The van der Waals surface area contributed by atoms with E-state index in [1.165, 1.54) is 0 Å². The number of amides is 1. The average molecular weight is 294 g/mol. The number of furan rings is 1. The number of carbonyl (C=O) groups excluding carboxylic acids is 1. The topological polar surface area (TPSA) is 46.3 Å². The molecule has 1 amide bonds. The smallest absolute Gasteiger partial charge is 0.255 e. The van der Waals surface area contributed by atoms with Crippen molar-refractivity contribution in [2.75, 3.05) is 7.05 Å². The van der Waals surface area contributed by atoms with Crippen LogP contribution in [0.25, 0.3) is 11.0 Å². The second-order valence-corrected chi connectivity index (χ2v) is 5.47. The Morgan fingerprint density at radius 3 is 2.68 bits per heavy atom. The number of para-hydroxylation sites is 1. The van der Waals surface area contributed by atoms with Crippen LogP contribution in [0.4, 0.5) is 0 Å². The third-order valence-electron chi connectivity index (χ3n) is 3.92. The molecule has 112 valence electrons. The van der Waals surface area contributed by atoms with Crippen molar-refractivity contribution in [1.82, 2.24) is 9.88 Å². The van der Waals surface area contributed by atoms with Crippen LogP contribution in [0, 0.1) is 6.92 Å². The first-order valence-corrected chi connectivity index (χ1v) is 7.24.